The van der Waals surface area contributed by atoms with E-state index >= 15 is 0 Å². The van der Waals surface area contributed by atoms with Gasteiger partial charge in [-0.1, -0.05) is 25.3 Å². The Balaban J connectivity index is 1.40. The standard InChI is InChI=1S/C19H30N4O/c24-19(23-11-4-2-1-3-5-12-23)21-18-8-13-22(14-9-18)16-17-7-6-10-20-15-17/h6-7,10,15,18H,1-5,8-9,11-14,16H2,(H,21,24). The number of amides is 2. The van der Waals surface area contributed by atoms with Gasteiger partial charge in [0.1, 0.15) is 0 Å². The molecule has 132 valence electrons. The monoisotopic (exact) mass is 330 g/mol. The highest BCUT2D eigenvalue weighted by Gasteiger charge is 2.23. The minimum Gasteiger partial charge on any atom is -0.335 e. The molecule has 0 unspecified atom stereocenters. The van der Waals surface area contributed by atoms with Gasteiger partial charge in [0.2, 0.25) is 0 Å². The van der Waals surface area contributed by atoms with Crippen molar-refractivity contribution in [3.8, 4) is 0 Å². The van der Waals surface area contributed by atoms with Crippen molar-refractivity contribution in [3.05, 3.63) is 30.1 Å². The number of urea groups is 1. The van der Waals surface area contributed by atoms with Crippen LogP contribution < -0.4 is 5.32 Å². The molecule has 5 nitrogen and oxygen atoms in total. The number of carbonyl (C=O) groups is 1. The van der Waals surface area contributed by atoms with Crippen molar-refractivity contribution in [1.82, 2.24) is 20.1 Å². The summed E-state index contributed by atoms with van der Waals surface area (Å²) in [5.41, 5.74) is 1.26. The summed E-state index contributed by atoms with van der Waals surface area (Å²) in [5, 5.41) is 3.27. The summed E-state index contributed by atoms with van der Waals surface area (Å²) in [6, 6.07) is 4.60. The van der Waals surface area contributed by atoms with Crippen molar-refractivity contribution in [2.45, 2.75) is 57.5 Å². The molecule has 3 heterocycles. The van der Waals surface area contributed by atoms with E-state index in [4.69, 9.17) is 0 Å². The molecule has 2 aliphatic rings. The van der Waals surface area contributed by atoms with E-state index in [-0.39, 0.29) is 6.03 Å². The first-order valence-electron chi connectivity index (χ1n) is 9.48. The second-order valence-electron chi connectivity index (χ2n) is 7.12. The molecule has 5 heteroatoms. The molecule has 2 saturated heterocycles. The van der Waals surface area contributed by atoms with Gasteiger partial charge < -0.3 is 10.2 Å². The number of likely N-dealkylation sites (tertiary alicyclic amines) is 2. The van der Waals surface area contributed by atoms with Crippen LogP contribution in [0.25, 0.3) is 0 Å². The zero-order valence-electron chi connectivity index (χ0n) is 14.6. The number of nitrogens with zero attached hydrogens (tertiary/aromatic N) is 3. The predicted octanol–water partition coefficient (Wildman–Crippen LogP) is 3.02. The Morgan fingerprint density at radius 2 is 1.79 bits per heavy atom. The molecule has 0 atom stereocenters. The first-order chi connectivity index (χ1) is 11.8. The summed E-state index contributed by atoms with van der Waals surface area (Å²) in [5.74, 6) is 0. The second-order valence-corrected chi connectivity index (χ2v) is 7.12. The van der Waals surface area contributed by atoms with Crippen LogP contribution in [0.2, 0.25) is 0 Å². The lowest BCUT2D eigenvalue weighted by atomic mass is 10.0. The smallest absolute Gasteiger partial charge is 0.317 e. The normalized spacial score (nSPS) is 21.1. The third-order valence-corrected chi connectivity index (χ3v) is 5.19. The average molecular weight is 330 g/mol. The maximum absolute atomic E-state index is 12.5. The Labute approximate surface area is 145 Å². The van der Waals surface area contributed by atoms with Crippen LogP contribution in [0, 0.1) is 0 Å². The minimum absolute atomic E-state index is 0.155. The lowest BCUT2D eigenvalue weighted by molar-refractivity contribution is 0.166. The summed E-state index contributed by atoms with van der Waals surface area (Å²) < 4.78 is 0. The zero-order chi connectivity index (χ0) is 16.6. The highest BCUT2D eigenvalue weighted by atomic mass is 16.2. The van der Waals surface area contributed by atoms with Crippen LogP contribution in [0.5, 0.6) is 0 Å². The number of hydrogen-bond donors (Lipinski definition) is 1. The lowest BCUT2D eigenvalue weighted by Gasteiger charge is -2.34. The summed E-state index contributed by atoms with van der Waals surface area (Å²) in [7, 11) is 0. The van der Waals surface area contributed by atoms with E-state index in [9.17, 15) is 4.79 Å². The van der Waals surface area contributed by atoms with Crippen LogP contribution in [-0.2, 0) is 6.54 Å². The summed E-state index contributed by atoms with van der Waals surface area (Å²) in [4.78, 5) is 21.2. The van der Waals surface area contributed by atoms with E-state index in [1.807, 2.05) is 23.4 Å². The zero-order valence-corrected chi connectivity index (χ0v) is 14.6. The molecule has 0 aliphatic carbocycles. The molecule has 1 aromatic rings. The lowest BCUT2D eigenvalue weighted by Crippen LogP contribution is -2.49. The van der Waals surface area contributed by atoms with E-state index in [1.165, 1.54) is 24.8 Å². The summed E-state index contributed by atoms with van der Waals surface area (Å²) in [6.45, 7) is 4.89. The van der Waals surface area contributed by atoms with Gasteiger partial charge in [-0.25, -0.2) is 4.79 Å². The second kappa shape index (κ2) is 9.02. The topological polar surface area (TPSA) is 48.5 Å². The molecule has 0 aromatic carbocycles. The molecule has 1 aromatic heterocycles. The number of rotatable bonds is 3. The molecule has 2 fully saturated rings. The van der Waals surface area contributed by atoms with E-state index in [0.717, 1.165) is 58.4 Å². The number of nitrogens with one attached hydrogen (secondary N) is 1. The van der Waals surface area contributed by atoms with E-state index < -0.39 is 0 Å². The van der Waals surface area contributed by atoms with Crippen LogP contribution in [0.15, 0.2) is 24.5 Å². The number of aromatic nitrogens is 1. The SMILES string of the molecule is O=C(NC1CCN(Cc2cccnc2)CC1)N1CCCCCCC1. The van der Waals surface area contributed by atoms with Gasteiger partial charge in [-0.3, -0.25) is 9.88 Å². The fraction of sp³-hybridized carbons (Fsp3) is 0.684. The van der Waals surface area contributed by atoms with E-state index in [0.29, 0.717) is 6.04 Å². The molecule has 24 heavy (non-hydrogen) atoms. The van der Waals surface area contributed by atoms with Gasteiger partial charge in [0, 0.05) is 51.2 Å². The minimum atomic E-state index is 0.155. The maximum atomic E-state index is 12.5. The van der Waals surface area contributed by atoms with Crippen LogP contribution in [0.4, 0.5) is 4.79 Å². The molecule has 3 rings (SSSR count). The molecule has 2 amide bonds. The van der Waals surface area contributed by atoms with Gasteiger partial charge in [0.15, 0.2) is 0 Å². The van der Waals surface area contributed by atoms with Gasteiger partial charge in [0.25, 0.3) is 0 Å². The van der Waals surface area contributed by atoms with Crippen molar-refractivity contribution >= 4 is 6.03 Å². The Morgan fingerprint density at radius 1 is 1.08 bits per heavy atom. The molecule has 0 saturated carbocycles. The quantitative estimate of drug-likeness (QED) is 0.927. The fourth-order valence-corrected chi connectivity index (χ4v) is 3.70. The third-order valence-electron chi connectivity index (χ3n) is 5.19. The highest BCUT2D eigenvalue weighted by molar-refractivity contribution is 5.74. The fourth-order valence-electron chi connectivity index (χ4n) is 3.70. The van der Waals surface area contributed by atoms with E-state index in [1.54, 1.807) is 0 Å². The predicted molar refractivity (Wildman–Crippen MR) is 95.7 cm³/mol. The first kappa shape index (κ1) is 17.2. The van der Waals surface area contributed by atoms with E-state index in [2.05, 4.69) is 21.3 Å². The Morgan fingerprint density at radius 3 is 2.46 bits per heavy atom. The van der Waals surface area contributed by atoms with Crippen molar-refractivity contribution in [2.24, 2.45) is 0 Å². The van der Waals surface area contributed by atoms with Crippen LogP contribution in [-0.4, -0.2) is 53.0 Å². The summed E-state index contributed by atoms with van der Waals surface area (Å²) in [6.07, 6.45) is 12.0. The Hall–Kier alpha value is -1.62. The highest BCUT2D eigenvalue weighted by Crippen LogP contribution is 2.15. The molecule has 0 radical (unpaired) electrons. The van der Waals surface area contributed by atoms with Crippen molar-refractivity contribution < 1.29 is 4.79 Å². The van der Waals surface area contributed by atoms with Crippen molar-refractivity contribution in [1.29, 1.82) is 0 Å². The molecule has 0 spiro atoms. The third kappa shape index (κ3) is 5.20. The number of pyridine rings is 1. The van der Waals surface area contributed by atoms with Crippen LogP contribution in [0.1, 0.15) is 50.5 Å². The molecule has 2 aliphatic heterocycles. The van der Waals surface area contributed by atoms with Crippen LogP contribution >= 0.6 is 0 Å². The number of carbonyl (C=O) groups excluding carboxylic acids is 1. The number of piperidine rings is 1. The molecule has 1 N–H and O–H groups in total. The summed E-state index contributed by atoms with van der Waals surface area (Å²) >= 11 is 0. The molecular weight excluding hydrogens is 300 g/mol. The molecule has 0 bridgehead atoms. The van der Waals surface area contributed by atoms with Gasteiger partial charge >= 0.3 is 6.03 Å². The van der Waals surface area contributed by atoms with Gasteiger partial charge in [-0.15, -0.1) is 0 Å². The van der Waals surface area contributed by atoms with Gasteiger partial charge in [-0.2, -0.15) is 0 Å². The van der Waals surface area contributed by atoms with Crippen molar-refractivity contribution in [2.75, 3.05) is 26.2 Å². The first-order valence-corrected chi connectivity index (χ1v) is 9.48. The van der Waals surface area contributed by atoms with Gasteiger partial charge in [-0.05, 0) is 37.3 Å². The largest absolute Gasteiger partial charge is 0.335 e. The number of hydrogen-bond acceptors (Lipinski definition) is 3. The molecular formula is C19H30N4O. The van der Waals surface area contributed by atoms with Crippen LogP contribution in [0.3, 0.4) is 0 Å². The maximum Gasteiger partial charge on any atom is 0.317 e. The Kier molecular flexibility index (Phi) is 6.47. The van der Waals surface area contributed by atoms with Gasteiger partial charge in [0.05, 0.1) is 0 Å². The Bertz CT molecular complexity index is 491. The average Bonchev–Trinajstić information content (AvgIpc) is 2.57. The van der Waals surface area contributed by atoms with Crippen molar-refractivity contribution in [3.63, 3.8) is 0 Å².